The minimum absolute atomic E-state index is 0.0879. The molecule has 0 radical (unpaired) electrons. The molecular weight excluding hydrogens is 300 g/mol. The van der Waals surface area contributed by atoms with Gasteiger partial charge in [-0.2, -0.15) is 0 Å². The van der Waals surface area contributed by atoms with Crippen LogP contribution in [0.2, 0.25) is 0 Å². The van der Waals surface area contributed by atoms with E-state index in [9.17, 15) is 14.4 Å². The number of hydrogen-bond donors (Lipinski definition) is 3. The lowest BCUT2D eigenvalue weighted by atomic mass is 10.0. The SMILES string of the molecule is C=CCCC(NC(=O)C(NC(=O)c1ccco1)C(C)C)C(=O)O. The first-order chi connectivity index (χ1) is 10.9. The first-order valence-corrected chi connectivity index (χ1v) is 7.35. The summed E-state index contributed by atoms with van der Waals surface area (Å²) < 4.78 is 4.98. The van der Waals surface area contributed by atoms with Gasteiger partial charge in [-0.05, 0) is 30.9 Å². The third kappa shape index (κ3) is 5.61. The minimum Gasteiger partial charge on any atom is -0.480 e. The van der Waals surface area contributed by atoms with Crippen molar-refractivity contribution in [3.63, 3.8) is 0 Å². The Bertz CT molecular complexity index is 551. The molecule has 2 amide bonds. The number of amides is 2. The number of carbonyl (C=O) groups is 3. The number of carbonyl (C=O) groups excluding carboxylic acids is 2. The Morgan fingerprint density at radius 2 is 2.04 bits per heavy atom. The molecule has 3 N–H and O–H groups in total. The molecule has 1 rings (SSSR count). The van der Waals surface area contributed by atoms with Gasteiger partial charge in [0.1, 0.15) is 12.1 Å². The van der Waals surface area contributed by atoms with Crippen LogP contribution in [0.5, 0.6) is 0 Å². The second kappa shape index (κ2) is 8.77. The van der Waals surface area contributed by atoms with Gasteiger partial charge in [-0.1, -0.05) is 19.9 Å². The first-order valence-electron chi connectivity index (χ1n) is 7.35. The fraction of sp³-hybridized carbons (Fsp3) is 0.438. The van der Waals surface area contributed by atoms with E-state index in [1.165, 1.54) is 12.3 Å². The molecule has 7 heteroatoms. The summed E-state index contributed by atoms with van der Waals surface area (Å²) in [7, 11) is 0. The molecule has 0 aliphatic rings. The Morgan fingerprint density at radius 1 is 1.35 bits per heavy atom. The zero-order valence-corrected chi connectivity index (χ0v) is 13.2. The number of nitrogens with one attached hydrogen (secondary N) is 2. The monoisotopic (exact) mass is 322 g/mol. The van der Waals surface area contributed by atoms with Gasteiger partial charge in [-0.3, -0.25) is 9.59 Å². The molecular formula is C16H22N2O5. The van der Waals surface area contributed by atoms with Crippen LogP contribution in [0.25, 0.3) is 0 Å². The highest BCUT2D eigenvalue weighted by atomic mass is 16.4. The van der Waals surface area contributed by atoms with E-state index in [1.54, 1.807) is 26.0 Å². The maximum absolute atomic E-state index is 12.3. The van der Waals surface area contributed by atoms with E-state index >= 15 is 0 Å². The van der Waals surface area contributed by atoms with Gasteiger partial charge < -0.3 is 20.2 Å². The Labute approximate surface area is 134 Å². The molecule has 1 aromatic heterocycles. The van der Waals surface area contributed by atoms with Gasteiger partial charge in [0.15, 0.2) is 5.76 Å². The minimum atomic E-state index is -1.12. The smallest absolute Gasteiger partial charge is 0.326 e. The van der Waals surface area contributed by atoms with Crippen molar-refractivity contribution in [2.75, 3.05) is 0 Å². The van der Waals surface area contributed by atoms with Crippen molar-refractivity contribution in [2.24, 2.45) is 5.92 Å². The summed E-state index contributed by atoms with van der Waals surface area (Å²) >= 11 is 0. The summed E-state index contributed by atoms with van der Waals surface area (Å²) in [5.74, 6) is -2.33. The van der Waals surface area contributed by atoms with E-state index in [4.69, 9.17) is 9.52 Å². The molecule has 2 unspecified atom stereocenters. The lowest BCUT2D eigenvalue weighted by molar-refractivity contribution is -0.142. The van der Waals surface area contributed by atoms with Gasteiger partial charge in [-0.15, -0.1) is 6.58 Å². The van der Waals surface area contributed by atoms with Gasteiger partial charge in [0.05, 0.1) is 6.26 Å². The zero-order valence-electron chi connectivity index (χ0n) is 13.2. The normalized spacial score (nSPS) is 13.2. The first kappa shape index (κ1) is 18.5. The van der Waals surface area contributed by atoms with Crippen molar-refractivity contribution < 1.29 is 23.9 Å². The van der Waals surface area contributed by atoms with E-state index in [-0.39, 0.29) is 18.1 Å². The highest BCUT2D eigenvalue weighted by Gasteiger charge is 2.29. The van der Waals surface area contributed by atoms with Crippen molar-refractivity contribution in [1.82, 2.24) is 10.6 Å². The number of furan rings is 1. The van der Waals surface area contributed by atoms with E-state index in [2.05, 4.69) is 17.2 Å². The molecule has 0 aliphatic heterocycles. The average molecular weight is 322 g/mol. The van der Waals surface area contributed by atoms with Crippen LogP contribution in [0.15, 0.2) is 35.5 Å². The molecule has 1 heterocycles. The zero-order chi connectivity index (χ0) is 17.4. The van der Waals surface area contributed by atoms with Gasteiger partial charge in [0.25, 0.3) is 5.91 Å². The predicted octanol–water partition coefficient (Wildman–Crippen LogP) is 1.57. The van der Waals surface area contributed by atoms with Crippen molar-refractivity contribution in [1.29, 1.82) is 0 Å². The topological polar surface area (TPSA) is 109 Å². The largest absolute Gasteiger partial charge is 0.480 e. The van der Waals surface area contributed by atoms with Crippen LogP contribution in [0.3, 0.4) is 0 Å². The van der Waals surface area contributed by atoms with Crippen molar-refractivity contribution in [3.05, 3.63) is 36.8 Å². The van der Waals surface area contributed by atoms with E-state index in [1.807, 2.05) is 0 Å². The molecule has 7 nitrogen and oxygen atoms in total. The highest BCUT2D eigenvalue weighted by Crippen LogP contribution is 2.07. The van der Waals surface area contributed by atoms with E-state index in [0.717, 1.165) is 0 Å². The summed E-state index contributed by atoms with van der Waals surface area (Å²) in [6.07, 6.45) is 3.64. The molecule has 0 spiro atoms. The molecule has 2 atom stereocenters. The van der Waals surface area contributed by atoms with Crippen LogP contribution in [-0.2, 0) is 9.59 Å². The van der Waals surface area contributed by atoms with Crippen LogP contribution in [0.4, 0.5) is 0 Å². The van der Waals surface area contributed by atoms with E-state index in [0.29, 0.717) is 6.42 Å². The Morgan fingerprint density at radius 3 is 2.52 bits per heavy atom. The molecule has 1 aromatic rings. The van der Waals surface area contributed by atoms with Crippen molar-refractivity contribution >= 4 is 17.8 Å². The van der Waals surface area contributed by atoms with Crippen LogP contribution >= 0.6 is 0 Å². The number of carboxylic acid groups (broad SMARTS) is 1. The standard InChI is InChI=1S/C16H22N2O5/c1-4-5-7-11(16(21)22)17-15(20)13(10(2)3)18-14(19)12-8-6-9-23-12/h4,6,8-11,13H,1,5,7H2,2-3H3,(H,17,20)(H,18,19)(H,21,22). The Kier molecular flexibility index (Phi) is 7.05. The number of carboxylic acids is 1. The van der Waals surface area contributed by atoms with Crippen LogP contribution < -0.4 is 10.6 Å². The van der Waals surface area contributed by atoms with Gasteiger partial charge in [0.2, 0.25) is 5.91 Å². The molecule has 0 saturated carbocycles. The number of allylic oxidation sites excluding steroid dienone is 1. The molecule has 23 heavy (non-hydrogen) atoms. The van der Waals surface area contributed by atoms with Crippen molar-refractivity contribution in [3.8, 4) is 0 Å². The fourth-order valence-corrected chi connectivity index (χ4v) is 1.96. The van der Waals surface area contributed by atoms with Crippen LogP contribution in [-0.4, -0.2) is 35.0 Å². The van der Waals surface area contributed by atoms with Gasteiger partial charge >= 0.3 is 5.97 Å². The number of rotatable bonds is 9. The Balaban J connectivity index is 2.75. The lowest BCUT2D eigenvalue weighted by Gasteiger charge is -2.23. The van der Waals surface area contributed by atoms with Crippen molar-refractivity contribution in [2.45, 2.75) is 38.8 Å². The molecule has 0 saturated heterocycles. The second-order valence-electron chi connectivity index (χ2n) is 5.44. The summed E-state index contributed by atoms with van der Waals surface area (Å²) in [5.41, 5.74) is 0. The summed E-state index contributed by atoms with van der Waals surface area (Å²) in [4.78, 5) is 35.5. The molecule has 0 bridgehead atoms. The second-order valence-corrected chi connectivity index (χ2v) is 5.44. The van der Waals surface area contributed by atoms with Crippen LogP contribution in [0.1, 0.15) is 37.2 Å². The quantitative estimate of drug-likeness (QED) is 0.598. The maximum Gasteiger partial charge on any atom is 0.326 e. The third-order valence-corrected chi connectivity index (χ3v) is 3.25. The van der Waals surface area contributed by atoms with Crippen LogP contribution in [0, 0.1) is 5.92 Å². The lowest BCUT2D eigenvalue weighted by Crippen LogP contribution is -2.53. The Hall–Kier alpha value is -2.57. The summed E-state index contributed by atoms with van der Waals surface area (Å²) in [6.45, 7) is 7.04. The predicted molar refractivity (Wildman–Crippen MR) is 83.8 cm³/mol. The van der Waals surface area contributed by atoms with Gasteiger partial charge in [-0.25, -0.2) is 4.79 Å². The highest BCUT2D eigenvalue weighted by molar-refractivity contribution is 5.96. The number of hydrogen-bond acceptors (Lipinski definition) is 4. The summed E-state index contributed by atoms with van der Waals surface area (Å²) in [5, 5.41) is 14.2. The van der Waals surface area contributed by atoms with E-state index < -0.39 is 29.9 Å². The average Bonchev–Trinajstić information content (AvgIpc) is 3.02. The van der Waals surface area contributed by atoms with Gasteiger partial charge in [0, 0.05) is 0 Å². The number of aliphatic carboxylic acids is 1. The molecule has 0 aliphatic carbocycles. The fourth-order valence-electron chi connectivity index (χ4n) is 1.96. The molecule has 126 valence electrons. The summed E-state index contributed by atoms with van der Waals surface area (Å²) in [6, 6.07) is 1.16. The molecule has 0 fully saturated rings. The third-order valence-electron chi connectivity index (χ3n) is 3.25. The molecule has 0 aromatic carbocycles. The maximum atomic E-state index is 12.3.